The Morgan fingerprint density at radius 2 is 1.33 bits per heavy atom. The van der Waals surface area contributed by atoms with Gasteiger partial charge in [0.2, 0.25) is 0 Å². The van der Waals surface area contributed by atoms with Gasteiger partial charge in [0.1, 0.15) is 0 Å². The monoisotopic (exact) mass is 290 g/mol. The van der Waals surface area contributed by atoms with Crippen molar-refractivity contribution in [1.29, 1.82) is 0 Å². The molecule has 0 saturated carbocycles. The smallest absolute Gasteiger partial charge is 0.0345 e. The van der Waals surface area contributed by atoms with Gasteiger partial charge in [0.25, 0.3) is 0 Å². The minimum atomic E-state index is 1.12. The van der Waals surface area contributed by atoms with Crippen LogP contribution in [0.15, 0.2) is 60.0 Å². The summed E-state index contributed by atoms with van der Waals surface area (Å²) in [5.41, 5.74) is 7.26. The zero-order chi connectivity index (χ0) is 14.1. The summed E-state index contributed by atoms with van der Waals surface area (Å²) in [6.45, 7) is 0. The predicted molar refractivity (Wildman–Crippen MR) is 91.0 cm³/mol. The number of benzene rings is 2. The van der Waals surface area contributed by atoms with Gasteiger partial charge >= 0.3 is 0 Å². The van der Waals surface area contributed by atoms with Crippen LogP contribution in [0.3, 0.4) is 0 Å². The Kier molecular flexibility index (Phi) is 3.36. The third-order valence-corrected chi connectivity index (χ3v) is 5.27. The average Bonchev–Trinajstić information content (AvgIpc) is 3.04. The molecule has 4 aliphatic carbocycles. The highest BCUT2D eigenvalue weighted by molar-refractivity contribution is 7.13. The Labute approximate surface area is 130 Å². The zero-order valence-corrected chi connectivity index (χ0v) is 12.8. The topological polar surface area (TPSA) is 0 Å². The Bertz CT molecular complexity index is 736. The minimum Gasteiger partial charge on any atom is -0.144 e. The van der Waals surface area contributed by atoms with E-state index in [1.807, 2.05) is 11.3 Å². The second-order valence-corrected chi connectivity index (χ2v) is 6.73. The Morgan fingerprint density at radius 3 is 2.05 bits per heavy atom. The van der Waals surface area contributed by atoms with E-state index in [-0.39, 0.29) is 0 Å². The summed E-state index contributed by atoms with van der Waals surface area (Å²) in [7, 11) is 0. The fourth-order valence-electron chi connectivity index (χ4n) is 3.10. The molecule has 1 aromatic heterocycles. The maximum absolute atomic E-state index is 2.41. The van der Waals surface area contributed by atoms with Gasteiger partial charge in [-0.25, -0.2) is 0 Å². The quantitative estimate of drug-likeness (QED) is 0.570. The van der Waals surface area contributed by atoms with Crippen LogP contribution in [0.4, 0.5) is 0 Å². The molecule has 0 radical (unpaired) electrons. The van der Waals surface area contributed by atoms with Crippen molar-refractivity contribution in [3.05, 3.63) is 82.2 Å². The largest absolute Gasteiger partial charge is 0.144 e. The van der Waals surface area contributed by atoms with Crippen LogP contribution >= 0.6 is 11.3 Å². The Hall–Kier alpha value is -1.86. The summed E-state index contributed by atoms with van der Waals surface area (Å²) in [6, 6.07) is 20.7. The molecular formula is C20H18S. The van der Waals surface area contributed by atoms with E-state index >= 15 is 0 Å². The zero-order valence-electron chi connectivity index (χ0n) is 12.0. The van der Waals surface area contributed by atoms with Gasteiger partial charge in [-0.3, -0.25) is 0 Å². The van der Waals surface area contributed by atoms with Crippen molar-refractivity contribution in [1.82, 2.24) is 0 Å². The number of aryl methyl sites for hydroxylation is 4. The van der Waals surface area contributed by atoms with E-state index in [2.05, 4.69) is 60.0 Å². The van der Waals surface area contributed by atoms with Crippen LogP contribution in [0.5, 0.6) is 0 Å². The molecule has 4 aliphatic rings. The van der Waals surface area contributed by atoms with Crippen LogP contribution in [-0.4, -0.2) is 0 Å². The van der Waals surface area contributed by atoms with Crippen LogP contribution in [0, 0.1) is 0 Å². The van der Waals surface area contributed by atoms with Gasteiger partial charge in [-0.2, -0.15) is 0 Å². The third kappa shape index (κ3) is 2.66. The molecule has 0 atom stereocenters. The van der Waals surface area contributed by atoms with Crippen LogP contribution in [0.25, 0.3) is 10.4 Å². The maximum Gasteiger partial charge on any atom is 0.0345 e. The first-order chi connectivity index (χ1) is 10.4. The van der Waals surface area contributed by atoms with E-state index in [0.717, 1.165) is 25.7 Å². The number of hydrogen-bond acceptors (Lipinski definition) is 1. The second-order valence-electron chi connectivity index (χ2n) is 5.79. The minimum absolute atomic E-state index is 1.12. The molecule has 0 saturated heterocycles. The van der Waals surface area contributed by atoms with Crippen molar-refractivity contribution in [2.75, 3.05) is 0 Å². The summed E-state index contributed by atoms with van der Waals surface area (Å²) in [5.74, 6) is 0. The van der Waals surface area contributed by atoms with Crippen molar-refractivity contribution < 1.29 is 0 Å². The Morgan fingerprint density at radius 1 is 0.667 bits per heavy atom. The van der Waals surface area contributed by atoms with Crippen LogP contribution in [-0.2, 0) is 25.7 Å². The van der Waals surface area contributed by atoms with E-state index in [0.29, 0.717) is 0 Å². The van der Waals surface area contributed by atoms with Crippen LogP contribution in [0.1, 0.15) is 22.3 Å². The lowest BCUT2D eigenvalue weighted by Gasteiger charge is -2.13. The summed E-state index contributed by atoms with van der Waals surface area (Å²) < 4.78 is 0. The maximum atomic E-state index is 2.41. The summed E-state index contributed by atoms with van der Waals surface area (Å²) in [4.78, 5) is 1.40. The van der Waals surface area contributed by atoms with Gasteiger partial charge in [0.05, 0.1) is 0 Å². The molecule has 0 fully saturated rings. The number of thiophene rings is 1. The molecule has 0 N–H and O–H groups in total. The van der Waals surface area contributed by atoms with Crippen LogP contribution in [0.2, 0.25) is 0 Å². The molecule has 0 aliphatic heterocycles. The van der Waals surface area contributed by atoms with Gasteiger partial charge in [-0.05, 0) is 64.9 Å². The molecular weight excluding hydrogens is 272 g/mol. The van der Waals surface area contributed by atoms with Gasteiger partial charge in [0, 0.05) is 4.88 Å². The fraction of sp³-hybridized carbons (Fsp3) is 0.200. The fourth-order valence-corrected chi connectivity index (χ4v) is 3.88. The molecule has 7 rings (SSSR count). The second kappa shape index (κ2) is 5.50. The molecule has 1 heterocycles. The van der Waals surface area contributed by atoms with E-state index in [9.17, 15) is 0 Å². The van der Waals surface area contributed by atoms with Gasteiger partial charge in [-0.15, -0.1) is 11.3 Å². The lowest BCUT2D eigenvalue weighted by atomic mass is 9.93. The highest BCUT2D eigenvalue weighted by Gasteiger charge is 2.10. The molecule has 2 aromatic carbocycles. The van der Waals surface area contributed by atoms with Gasteiger partial charge in [0.15, 0.2) is 0 Å². The highest BCUT2D eigenvalue weighted by atomic mass is 32.1. The van der Waals surface area contributed by atoms with Gasteiger partial charge < -0.3 is 0 Å². The summed E-state index contributed by atoms with van der Waals surface area (Å²) in [6.07, 6.45) is 4.49. The van der Waals surface area contributed by atoms with Crippen molar-refractivity contribution in [3.8, 4) is 10.4 Å². The summed E-state index contributed by atoms with van der Waals surface area (Å²) >= 11 is 1.85. The van der Waals surface area contributed by atoms with E-state index in [1.165, 1.54) is 32.7 Å². The van der Waals surface area contributed by atoms with Crippen molar-refractivity contribution in [3.63, 3.8) is 0 Å². The van der Waals surface area contributed by atoms with E-state index in [4.69, 9.17) is 0 Å². The predicted octanol–water partition coefficient (Wildman–Crippen LogP) is 5.30. The molecule has 0 nitrogen and oxygen atoms in total. The standard InChI is InChI=1S/C20H18S/c1-2-20(21-13-1)19-14-17-8-7-15-3-5-16(6-4-15)9-11-18(19)12-10-17/h1-6,10,12-14H,7-9,11H2. The van der Waals surface area contributed by atoms with Crippen molar-refractivity contribution >= 4 is 11.3 Å². The van der Waals surface area contributed by atoms with Crippen LogP contribution < -0.4 is 0 Å². The average molecular weight is 290 g/mol. The SMILES string of the molecule is c1csc(-c2cc3ccc2CCc2ccc(cc2)CC3)c1. The molecule has 1 heteroatoms. The summed E-state index contributed by atoms with van der Waals surface area (Å²) in [5, 5.41) is 2.17. The first kappa shape index (κ1) is 12.8. The van der Waals surface area contributed by atoms with Crippen molar-refractivity contribution in [2.45, 2.75) is 25.7 Å². The Balaban J connectivity index is 1.79. The first-order valence-corrected chi connectivity index (χ1v) is 8.50. The molecule has 0 unspecified atom stereocenters. The molecule has 4 bridgehead atoms. The molecule has 0 spiro atoms. The molecule has 104 valence electrons. The van der Waals surface area contributed by atoms with Crippen molar-refractivity contribution in [2.24, 2.45) is 0 Å². The molecule has 0 amide bonds. The molecule has 3 aromatic rings. The van der Waals surface area contributed by atoms with E-state index < -0.39 is 0 Å². The number of rotatable bonds is 1. The number of hydrogen-bond donors (Lipinski definition) is 0. The van der Waals surface area contributed by atoms with Gasteiger partial charge in [-0.1, -0.05) is 48.5 Å². The first-order valence-electron chi connectivity index (χ1n) is 7.62. The lowest BCUT2D eigenvalue weighted by Crippen LogP contribution is -1.99. The normalized spacial score (nSPS) is 13.9. The third-order valence-electron chi connectivity index (χ3n) is 4.37. The molecule has 21 heavy (non-hydrogen) atoms. The lowest BCUT2D eigenvalue weighted by molar-refractivity contribution is 0.924. The highest BCUT2D eigenvalue weighted by Crippen LogP contribution is 2.31. The van der Waals surface area contributed by atoms with E-state index in [1.54, 1.807) is 0 Å².